The molecule has 0 radical (unpaired) electrons. The van der Waals surface area contributed by atoms with E-state index in [0.717, 1.165) is 16.7 Å². The standard InChI is InChI=1S/C13H19NO.C12H11Si.C9H7.2ClH.Zr/c1-8(2)10-6-5-7-11(9(3)4)12(10)13(14)15;1-3-7-11(8-4-1)13-12-9-5-2-6-10-12;1-2-5-9-7-3-6-8(9)4-1;;;/h5-9H,1-4H3,(H2,14,15);1-10,13H;1-7H;2*1H;/q;;;;;+3/p-3. The molecule has 1 N–H and O–H groups in total. The Kier molecular flexibility index (Phi) is 11.8. The van der Waals surface area contributed by atoms with E-state index in [-0.39, 0.29) is 42.6 Å². The molecule has 0 spiro atoms. The van der Waals surface area contributed by atoms with Crippen LogP contribution in [0.25, 0.3) is 6.08 Å². The second-order valence-corrected chi connectivity index (χ2v) is 25.3. The Hall–Kier alpha value is -2.23. The molecule has 1 aliphatic rings. The third-order valence-electron chi connectivity index (χ3n) is 7.57. The summed E-state index contributed by atoms with van der Waals surface area (Å²) in [6.45, 7) is 8.77. The number of halogens is 2. The first-order chi connectivity index (χ1) is 18.5. The van der Waals surface area contributed by atoms with Crippen molar-refractivity contribution >= 4 is 28.3 Å². The van der Waals surface area contributed by atoms with E-state index < -0.39 is 27.1 Å². The van der Waals surface area contributed by atoms with Crippen molar-refractivity contribution in [2.45, 2.75) is 43.2 Å². The summed E-state index contributed by atoms with van der Waals surface area (Å²) in [5, 5.41) is 2.85. The zero-order chi connectivity index (χ0) is 26.6. The molecular formula is C34H36Cl2NOSiZr. The van der Waals surface area contributed by atoms with Gasteiger partial charge in [-0.3, -0.25) is 0 Å². The van der Waals surface area contributed by atoms with Gasteiger partial charge in [-0.25, -0.2) is 0 Å². The second kappa shape index (κ2) is 14.6. The summed E-state index contributed by atoms with van der Waals surface area (Å²) in [7, 11) is 0. The van der Waals surface area contributed by atoms with Crippen LogP contribution >= 0.6 is 0 Å². The van der Waals surface area contributed by atoms with Gasteiger partial charge in [0.25, 0.3) is 0 Å². The molecule has 6 heteroatoms. The van der Waals surface area contributed by atoms with Gasteiger partial charge < -0.3 is 24.8 Å². The molecule has 4 aromatic carbocycles. The summed E-state index contributed by atoms with van der Waals surface area (Å²) in [4.78, 5) is 14.5. The molecule has 4 aromatic rings. The van der Waals surface area contributed by atoms with Crippen molar-refractivity contribution in [1.82, 2.24) is 3.26 Å². The molecule has 2 nitrogen and oxygen atoms in total. The molecule has 1 atom stereocenters. The maximum absolute atomic E-state index is 14.5. The van der Waals surface area contributed by atoms with Crippen molar-refractivity contribution in [1.29, 1.82) is 0 Å². The van der Waals surface area contributed by atoms with E-state index in [1.54, 1.807) is 0 Å². The molecule has 40 heavy (non-hydrogen) atoms. The smallest absolute Gasteiger partial charge is 1.00 e. The Balaban J connectivity index is 0.00000220. The van der Waals surface area contributed by atoms with Crippen molar-refractivity contribution in [3.05, 3.63) is 137 Å². The third-order valence-corrected chi connectivity index (χ3v) is 26.9. The van der Waals surface area contributed by atoms with Crippen molar-refractivity contribution in [3.8, 4) is 0 Å². The number of benzene rings is 4. The monoisotopic (exact) mass is 662 g/mol. The van der Waals surface area contributed by atoms with E-state index in [2.05, 4.69) is 146 Å². The van der Waals surface area contributed by atoms with Gasteiger partial charge in [-0.2, -0.15) is 0 Å². The fraction of sp³-hybridized carbons (Fsp3) is 0.206. The van der Waals surface area contributed by atoms with Crippen LogP contribution in [0.2, 0.25) is 0 Å². The predicted octanol–water partition coefficient (Wildman–Crippen LogP) is 0.511. The quantitative estimate of drug-likeness (QED) is 0.274. The van der Waals surface area contributed by atoms with Crippen LogP contribution in [-0.2, 0) is 21.2 Å². The molecule has 0 aromatic heterocycles. The summed E-state index contributed by atoms with van der Waals surface area (Å²) in [6.07, 6.45) is 4.67. The van der Waals surface area contributed by atoms with Gasteiger partial charge in [-0.1, -0.05) is 0 Å². The predicted molar refractivity (Wildman–Crippen MR) is 160 cm³/mol. The van der Waals surface area contributed by atoms with Gasteiger partial charge in [0.2, 0.25) is 0 Å². The molecular weight excluding hydrogens is 629 g/mol. The average Bonchev–Trinajstić information content (AvgIpc) is 3.37. The fourth-order valence-electron chi connectivity index (χ4n) is 5.70. The number of carbonyl (C=O) groups excluding carboxylic acids is 1. The van der Waals surface area contributed by atoms with Crippen molar-refractivity contribution in [2.24, 2.45) is 0 Å². The van der Waals surface area contributed by atoms with Gasteiger partial charge in [0.15, 0.2) is 0 Å². The van der Waals surface area contributed by atoms with Crippen LogP contribution in [-0.4, -0.2) is 11.8 Å². The molecule has 0 fully saturated rings. The van der Waals surface area contributed by atoms with Gasteiger partial charge >= 0.3 is 238 Å². The van der Waals surface area contributed by atoms with E-state index in [1.807, 2.05) is 0 Å². The van der Waals surface area contributed by atoms with Crippen molar-refractivity contribution < 1.29 is 50.8 Å². The van der Waals surface area contributed by atoms with Gasteiger partial charge in [0.05, 0.1) is 0 Å². The molecule has 0 saturated carbocycles. The van der Waals surface area contributed by atoms with E-state index in [9.17, 15) is 4.79 Å². The summed E-state index contributed by atoms with van der Waals surface area (Å²) in [5.41, 5.74) is 5.88. The number of carbonyl (C=O) groups is 1. The zero-order valence-corrected chi connectivity index (χ0v) is 28.6. The number of fused-ring (bicyclic) bond motifs is 1. The van der Waals surface area contributed by atoms with Crippen LogP contribution in [0.3, 0.4) is 0 Å². The number of hydrogen-bond donors (Lipinski definition) is 1. The summed E-state index contributed by atoms with van der Waals surface area (Å²) in [5.74, 6) is -1.03. The Morgan fingerprint density at radius 1 is 0.700 bits per heavy atom. The first kappa shape index (κ1) is 32.3. The van der Waals surface area contributed by atoms with E-state index >= 15 is 0 Å². The molecule has 0 heterocycles. The second-order valence-electron chi connectivity index (χ2n) is 10.8. The molecule has 0 aliphatic heterocycles. The van der Waals surface area contributed by atoms with Gasteiger partial charge in [-0.05, 0) is 0 Å². The minimum absolute atomic E-state index is 0. The minimum atomic E-state index is -2.78. The SMILES string of the molecule is CC(C)c1cccc(C(C)C)c1C(=O)[NH][Zr+2]([CH]1C=Cc2ccccc21)[SiH](c1ccccc1)c1ccccc1.[Cl-].[Cl-]. The number of rotatable bonds is 8. The van der Waals surface area contributed by atoms with E-state index in [0.29, 0.717) is 3.63 Å². The van der Waals surface area contributed by atoms with Crippen LogP contribution in [0.15, 0.2) is 109 Å². The van der Waals surface area contributed by atoms with Gasteiger partial charge in [0, 0.05) is 0 Å². The number of allylic oxidation sites excluding steroid dienone is 1. The van der Waals surface area contributed by atoms with Crippen LogP contribution in [0.5, 0.6) is 0 Å². The first-order valence-electron chi connectivity index (χ1n) is 13.6. The van der Waals surface area contributed by atoms with Crippen molar-refractivity contribution in [3.63, 3.8) is 0 Å². The zero-order valence-electron chi connectivity index (χ0n) is 23.4. The van der Waals surface area contributed by atoms with Crippen molar-refractivity contribution in [2.75, 3.05) is 0 Å². The summed E-state index contributed by atoms with van der Waals surface area (Å²) < 4.78 is 4.18. The van der Waals surface area contributed by atoms with Gasteiger partial charge in [0.1, 0.15) is 0 Å². The molecule has 205 valence electrons. The molecule has 0 saturated heterocycles. The average molecular weight is 665 g/mol. The fourth-order valence-corrected chi connectivity index (χ4v) is 26.4. The molecule has 0 bridgehead atoms. The van der Waals surface area contributed by atoms with Crippen LogP contribution in [0.4, 0.5) is 0 Å². The Labute approximate surface area is 260 Å². The van der Waals surface area contributed by atoms with E-state index in [4.69, 9.17) is 0 Å². The largest absolute Gasteiger partial charge is 1.00 e. The maximum Gasteiger partial charge on any atom is -1.00 e. The molecule has 1 unspecified atom stereocenters. The van der Waals surface area contributed by atoms with Crippen LogP contribution < -0.4 is 38.4 Å². The topological polar surface area (TPSA) is 29.1 Å². The maximum atomic E-state index is 14.5. The van der Waals surface area contributed by atoms with Crippen LogP contribution in [0.1, 0.15) is 75.8 Å². The molecule has 1 aliphatic carbocycles. The Bertz CT molecular complexity index is 1380. The van der Waals surface area contributed by atoms with Crippen LogP contribution in [0, 0.1) is 0 Å². The van der Waals surface area contributed by atoms with E-state index in [1.165, 1.54) is 21.5 Å². The molecule has 1 amide bonds. The number of amides is 1. The summed E-state index contributed by atoms with van der Waals surface area (Å²) >= 11 is -2.78. The normalized spacial score (nSPS) is 13.5. The number of hydrogen-bond acceptors (Lipinski definition) is 1. The first-order valence-corrected chi connectivity index (χ1v) is 22.3. The number of nitrogens with one attached hydrogen (secondary N) is 1. The molecule has 5 rings (SSSR count). The Morgan fingerprint density at radius 3 is 1.73 bits per heavy atom. The summed E-state index contributed by atoms with van der Waals surface area (Å²) in [6, 6.07) is 37.1. The minimum Gasteiger partial charge on any atom is -1.00 e. The Morgan fingerprint density at radius 2 is 1.20 bits per heavy atom. The third kappa shape index (κ3) is 6.80. The van der Waals surface area contributed by atoms with Gasteiger partial charge in [-0.15, -0.1) is 0 Å².